The molecule has 1 aromatic heterocycles. The van der Waals surface area contributed by atoms with Crippen LogP contribution in [0.5, 0.6) is 0 Å². The topological polar surface area (TPSA) is 65.5 Å². The molecule has 0 bridgehead atoms. The lowest BCUT2D eigenvalue weighted by Crippen LogP contribution is -2.35. The molecule has 2 heterocycles. The Balaban J connectivity index is 2.11. The van der Waals surface area contributed by atoms with Crippen LogP contribution in [0, 0.1) is 6.92 Å². The number of anilines is 1. The number of hydrogen-bond donors (Lipinski definition) is 2. The van der Waals surface area contributed by atoms with Crippen molar-refractivity contribution in [1.29, 1.82) is 0 Å². The second-order valence-electron chi connectivity index (χ2n) is 3.94. The maximum absolute atomic E-state index is 11.1. The lowest BCUT2D eigenvalue weighted by molar-refractivity contribution is 0.0697. The Bertz CT molecular complexity index is 385. The summed E-state index contributed by atoms with van der Waals surface area (Å²) in [5.74, 6) is -0.911. The summed E-state index contributed by atoms with van der Waals surface area (Å²) in [4.78, 5) is 11.1. The van der Waals surface area contributed by atoms with Gasteiger partial charge >= 0.3 is 5.97 Å². The van der Waals surface area contributed by atoms with E-state index in [0.717, 1.165) is 25.9 Å². The highest BCUT2D eigenvalue weighted by Gasteiger charge is 2.19. The fourth-order valence-corrected chi connectivity index (χ4v) is 2.66. The molecule has 1 aliphatic rings. The van der Waals surface area contributed by atoms with Crippen molar-refractivity contribution in [1.82, 2.24) is 9.38 Å². The first-order valence-electron chi connectivity index (χ1n) is 5.39. The van der Waals surface area contributed by atoms with Gasteiger partial charge in [-0.25, -0.2) is 9.80 Å². The molecule has 1 fully saturated rings. The van der Waals surface area contributed by atoms with Crippen molar-refractivity contribution in [3.05, 3.63) is 11.3 Å². The first-order chi connectivity index (χ1) is 7.68. The SMILES string of the molecule is Cc1nsc(NN2CCCCC2)c1C(=O)O. The number of nitrogens with one attached hydrogen (secondary N) is 1. The van der Waals surface area contributed by atoms with Gasteiger partial charge in [0.05, 0.1) is 5.69 Å². The van der Waals surface area contributed by atoms with Crippen molar-refractivity contribution in [3.8, 4) is 0 Å². The number of carboxylic acid groups (broad SMARTS) is 1. The van der Waals surface area contributed by atoms with Gasteiger partial charge in [0.2, 0.25) is 0 Å². The number of carbonyl (C=O) groups is 1. The zero-order valence-corrected chi connectivity index (χ0v) is 10.0. The number of hydrogen-bond acceptors (Lipinski definition) is 5. The molecule has 0 unspecified atom stereocenters. The molecule has 0 aliphatic carbocycles. The normalized spacial score (nSPS) is 17.3. The van der Waals surface area contributed by atoms with Crippen molar-refractivity contribution < 1.29 is 9.90 Å². The highest BCUT2D eigenvalue weighted by molar-refractivity contribution is 7.10. The van der Waals surface area contributed by atoms with Crippen molar-refractivity contribution in [2.45, 2.75) is 26.2 Å². The van der Waals surface area contributed by atoms with Crippen LogP contribution in [0.3, 0.4) is 0 Å². The van der Waals surface area contributed by atoms with Gasteiger partial charge in [-0.15, -0.1) is 0 Å². The number of aromatic carboxylic acids is 1. The zero-order chi connectivity index (χ0) is 11.5. The molecule has 0 spiro atoms. The van der Waals surface area contributed by atoms with E-state index < -0.39 is 5.97 Å². The van der Waals surface area contributed by atoms with Crippen LogP contribution in [-0.2, 0) is 0 Å². The van der Waals surface area contributed by atoms with E-state index in [1.807, 2.05) is 0 Å². The molecule has 1 aliphatic heterocycles. The molecular weight excluding hydrogens is 226 g/mol. The summed E-state index contributed by atoms with van der Waals surface area (Å²) >= 11 is 1.21. The minimum Gasteiger partial charge on any atom is -0.478 e. The molecule has 0 amide bonds. The molecule has 5 nitrogen and oxygen atoms in total. The van der Waals surface area contributed by atoms with Gasteiger partial charge in [0.15, 0.2) is 0 Å². The predicted molar refractivity (Wildman–Crippen MR) is 62.9 cm³/mol. The zero-order valence-electron chi connectivity index (χ0n) is 9.19. The van der Waals surface area contributed by atoms with Crippen molar-refractivity contribution in [2.75, 3.05) is 18.5 Å². The molecule has 2 N–H and O–H groups in total. The Labute approximate surface area is 98.2 Å². The highest BCUT2D eigenvalue weighted by Crippen LogP contribution is 2.25. The summed E-state index contributed by atoms with van der Waals surface area (Å²) in [7, 11) is 0. The summed E-state index contributed by atoms with van der Waals surface area (Å²) in [5.41, 5.74) is 4.04. The van der Waals surface area contributed by atoms with Gasteiger partial charge in [-0.3, -0.25) is 0 Å². The number of hydrazine groups is 1. The van der Waals surface area contributed by atoms with E-state index in [1.54, 1.807) is 6.92 Å². The third kappa shape index (κ3) is 2.33. The highest BCUT2D eigenvalue weighted by atomic mass is 32.1. The number of piperidine rings is 1. The van der Waals surface area contributed by atoms with E-state index in [2.05, 4.69) is 14.8 Å². The average Bonchev–Trinajstić information content (AvgIpc) is 2.61. The Morgan fingerprint density at radius 1 is 1.44 bits per heavy atom. The Kier molecular flexibility index (Phi) is 3.40. The standard InChI is InChI=1S/C10H15N3O2S/c1-7-8(10(14)15)9(16-12-7)11-13-5-3-2-4-6-13/h11H,2-6H2,1H3,(H,14,15). The van der Waals surface area contributed by atoms with Gasteiger partial charge in [-0.05, 0) is 31.3 Å². The molecule has 1 aromatic rings. The van der Waals surface area contributed by atoms with Crippen molar-refractivity contribution in [3.63, 3.8) is 0 Å². The van der Waals surface area contributed by atoms with E-state index in [9.17, 15) is 4.79 Å². The lowest BCUT2D eigenvalue weighted by Gasteiger charge is -2.27. The van der Waals surface area contributed by atoms with Crippen LogP contribution in [0.1, 0.15) is 35.3 Å². The third-order valence-electron chi connectivity index (χ3n) is 2.69. The molecule has 16 heavy (non-hydrogen) atoms. The predicted octanol–water partition coefficient (Wildman–Crippen LogP) is 1.96. The van der Waals surface area contributed by atoms with Crippen LogP contribution in [0.15, 0.2) is 0 Å². The van der Waals surface area contributed by atoms with Gasteiger partial charge in [-0.2, -0.15) is 4.37 Å². The van der Waals surface area contributed by atoms with Crippen LogP contribution in [-0.4, -0.2) is 33.5 Å². The monoisotopic (exact) mass is 241 g/mol. The van der Waals surface area contributed by atoms with Crippen LogP contribution in [0.2, 0.25) is 0 Å². The van der Waals surface area contributed by atoms with E-state index in [-0.39, 0.29) is 0 Å². The second-order valence-corrected chi connectivity index (χ2v) is 4.71. The van der Waals surface area contributed by atoms with Gasteiger partial charge < -0.3 is 10.5 Å². The van der Waals surface area contributed by atoms with E-state index >= 15 is 0 Å². The fraction of sp³-hybridized carbons (Fsp3) is 0.600. The maximum atomic E-state index is 11.1. The Morgan fingerprint density at radius 3 is 2.75 bits per heavy atom. The molecule has 0 saturated carbocycles. The summed E-state index contributed by atoms with van der Waals surface area (Å²) in [6.45, 7) is 3.66. The molecule has 2 rings (SSSR count). The Hall–Kier alpha value is -1.14. The maximum Gasteiger partial charge on any atom is 0.340 e. The summed E-state index contributed by atoms with van der Waals surface area (Å²) in [5, 5.41) is 11.8. The number of aryl methyl sites for hydroxylation is 1. The minimum absolute atomic E-state index is 0.301. The van der Waals surface area contributed by atoms with E-state index in [0.29, 0.717) is 16.3 Å². The smallest absolute Gasteiger partial charge is 0.340 e. The molecule has 88 valence electrons. The lowest BCUT2D eigenvalue weighted by atomic mass is 10.2. The van der Waals surface area contributed by atoms with Crippen LogP contribution < -0.4 is 5.43 Å². The molecular formula is C10H15N3O2S. The van der Waals surface area contributed by atoms with E-state index in [4.69, 9.17) is 5.11 Å². The summed E-state index contributed by atoms with van der Waals surface area (Å²) < 4.78 is 4.07. The van der Waals surface area contributed by atoms with E-state index in [1.165, 1.54) is 18.0 Å². The second kappa shape index (κ2) is 4.80. The van der Waals surface area contributed by atoms with Gasteiger partial charge in [-0.1, -0.05) is 6.42 Å². The Morgan fingerprint density at radius 2 is 2.12 bits per heavy atom. The minimum atomic E-state index is -0.911. The summed E-state index contributed by atoms with van der Waals surface area (Å²) in [6, 6.07) is 0. The van der Waals surface area contributed by atoms with Crippen molar-refractivity contribution in [2.24, 2.45) is 0 Å². The summed E-state index contributed by atoms with van der Waals surface area (Å²) in [6.07, 6.45) is 3.58. The molecule has 0 radical (unpaired) electrons. The van der Waals surface area contributed by atoms with Gasteiger partial charge in [0.1, 0.15) is 10.6 Å². The fourth-order valence-electron chi connectivity index (χ4n) is 1.85. The first kappa shape index (κ1) is 11.3. The number of rotatable bonds is 3. The average molecular weight is 241 g/mol. The molecule has 0 aromatic carbocycles. The molecule has 6 heteroatoms. The van der Waals surface area contributed by atoms with Crippen LogP contribution in [0.25, 0.3) is 0 Å². The van der Waals surface area contributed by atoms with Crippen LogP contribution >= 0.6 is 11.5 Å². The first-order valence-corrected chi connectivity index (χ1v) is 6.17. The number of carboxylic acids is 1. The molecule has 0 atom stereocenters. The number of nitrogens with zero attached hydrogens (tertiary/aromatic N) is 2. The quantitative estimate of drug-likeness (QED) is 0.847. The van der Waals surface area contributed by atoms with Gasteiger partial charge in [0.25, 0.3) is 0 Å². The van der Waals surface area contributed by atoms with Crippen molar-refractivity contribution >= 4 is 22.5 Å². The van der Waals surface area contributed by atoms with Crippen LogP contribution in [0.4, 0.5) is 5.00 Å². The molecule has 1 saturated heterocycles. The third-order valence-corrected chi connectivity index (χ3v) is 3.54. The van der Waals surface area contributed by atoms with Gasteiger partial charge in [0, 0.05) is 13.1 Å². The number of aromatic nitrogens is 1. The largest absolute Gasteiger partial charge is 0.478 e.